The van der Waals surface area contributed by atoms with Crippen molar-refractivity contribution in [1.29, 1.82) is 0 Å². The van der Waals surface area contributed by atoms with Gasteiger partial charge in [-0.15, -0.1) is 0 Å². The van der Waals surface area contributed by atoms with Gasteiger partial charge in [-0.25, -0.2) is 4.79 Å². The van der Waals surface area contributed by atoms with Crippen molar-refractivity contribution in [3.05, 3.63) is 29.6 Å². The van der Waals surface area contributed by atoms with E-state index >= 15 is 0 Å². The number of carbonyl (C=O) groups excluding carboxylic acids is 1. The Balaban J connectivity index is 2.41. The second-order valence-corrected chi connectivity index (χ2v) is 5.08. The first-order chi connectivity index (χ1) is 8.67. The van der Waals surface area contributed by atoms with E-state index in [1.807, 2.05) is 17.8 Å². The molecule has 0 aliphatic heterocycles. The molecule has 1 N–H and O–H groups in total. The number of nitrogens with zero attached hydrogens (tertiary/aromatic N) is 1. The number of carbonyl (C=O) groups is 1. The van der Waals surface area contributed by atoms with Gasteiger partial charge in [0.1, 0.15) is 0 Å². The Morgan fingerprint density at radius 2 is 2.33 bits per heavy atom. The lowest BCUT2D eigenvalue weighted by molar-refractivity contribution is 0.0600. The first-order valence-corrected chi connectivity index (χ1v) is 7.32. The zero-order valence-electron chi connectivity index (χ0n) is 11.1. The van der Waals surface area contributed by atoms with Gasteiger partial charge in [-0.1, -0.05) is 0 Å². The van der Waals surface area contributed by atoms with Gasteiger partial charge in [0.25, 0.3) is 0 Å². The van der Waals surface area contributed by atoms with Crippen LogP contribution in [0.15, 0.2) is 18.3 Å². The van der Waals surface area contributed by atoms with Gasteiger partial charge in [0.2, 0.25) is 0 Å². The predicted molar refractivity (Wildman–Crippen MR) is 74.9 cm³/mol. The lowest BCUT2D eigenvalue weighted by atomic mass is 10.2. The average molecular weight is 268 g/mol. The van der Waals surface area contributed by atoms with Gasteiger partial charge >= 0.3 is 5.97 Å². The van der Waals surface area contributed by atoms with Crippen LogP contribution in [0.4, 0.5) is 0 Å². The van der Waals surface area contributed by atoms with E-state index in [9.17, 15) is 4.79 Å². The smallest absolute Gasteiger partial charge is 0.339 e. The highest BCUT2D eigenvalue weighted by molar-refractivity contribution is 7.98. The Kier molecular flexibility index (Phi) is 6.75. The lowest BCUT2D eigenvalue weighted by Gasteiger charge is -2.12. The number of nitrogens with one attached hydrogen (secondary N) is 1. The summed E-state index contributed by atoms with van der Waals surface area (Å²) in [6.07, 6.45) is 4.80. The molecule has 0 bridgehead atoms. The summed E-state index contributed by atoms with van der Waals surface area (Å²) in [5.41, 5.74) is 1.41. The Morgan fingerprint density at radius 1 is 1.56 bits per heavy atom. The van der Waals surface area contributed by atoms with Crippen LogP contribution in [0.2, 0.25) is 0 Å². The van der Waals surface area contributed by atoms with E-state index in [0.717, 1.165) is 24.4 Å². The average Bonchev–Trinajstić information content (AvgIpc) is 2.42. The molecular formula is C13H20N2O2S. The Hall–Kier alpha value is -1.07. The van der Waals surface area contributed by atoms with Crippen molar-refractivity contribution in [3.63, 3.8) is 0 Å². The second-order valence-electron chi connectivity index (χ2n) is 4.09. The largest absolute Gasteiger partial charge is 0.465 e. The van der Waals surface area contributed by atoms with Crippen molar-refractivity contribution < 1.29 is 9.53 Å². The fourth-order valence-electron chi connectivity index (χ4n) is 1.44. The van der Waals surface area contributed by atoms with Gasteiger partial charge in [0.05, 0.1) is 18.4 Å². The van der Waals surface area contributed by atoms with Crippen molar-refractivity contribution >= 4 is 17.7 Å². The molecule has 1 heterocycles. The molecule has 4 nitrogen and oxygen atoms in total. The van der Waals surface area contributed by atoms with E-state index in [4.69, 9.17) is 0 Å². The van der Waals surface area contributed by atoms with Gasteiger partial charge in [0, 0.05) is 18.8 Å². The molecule has 0 radical (unpaired) electrons. The van der Waals surface area contributed by atoms with Crippen LogP contribution in [0.3, 0.4) is 0 Å². The Labute approximate surface area is 113 Å². The molecular weight excluding hydrogens is 248 g/mol. The van der Waals surface area contributed by atoms with Crippen molar-refractivity contribution in [2.75, 3.05) is 19.1 Å². The molecule has 0 aliphatic rings. The molecule has 0 amide bonds. The van der Waals surface area contributed by atoms with Gasteiger partial charge in [0.15, 0.2) is 0 Å². The molecule has 1 rings (SSSR count). The minimum Gasteiger partial charge on any atom is -0.465 e. The number of methoxy groups -OCH3 is 1. The number of rotatable bonds is 7. The van der Waals surface area contributed by atoms with E-state index in [1.165, 1.54) is 7.11 Å². The van der Waals surface area contributed by atoms with Crippen LogP contribution in [0, 0.1) is 0 Å². The number of esters is 1. The number of aromatic nitrogens is 1. The number of pyridine rings is 1. The molecule has 0 fully saturated rings. The SMILES string of the molecule is COC(=O)c1ccc(CNC(C)CCSC)nc1. The highest BCUT2D eigenvalue weighted by Gasteiger charge is 2.06. The van der Waals surface area contributed by atoms with Gasteiger partial charge in [-0.05, 0) is 37.5 Å². The van der Waals surface area contributed by atoms with Crippen molar-refractivity contribution in [2.45, 2.75) is 25.9 Å². The maximum atomic E-state index is 11.2. The molecule has 18 heavy (non-hydrogen) atoms. The molecule has 1 atom stereocenters. The van der Waals surface area contributed by atoms with Gasteiger partial charge < -0.3 is 10.1 Å². The minimum absolute atomic E-state index is 0.352. The summed E-state index contributed by atoms with van der Waals surface area (Å²) in [7, 11) is 1.37. The van der Waals surface area contributed by atoms with E-state index in [2.05, 4.69) is 28.2 Å². The number of ether oxygens (including phenoxy) is 1. The van der Waals surface area contributed by atoms with Crippen molar-refractivity contribution in [2.24, 2.45) is 0 Å². The third-order valence-corrected chi connectivity index (χ3v) is 3.28. The maximum absolute atomic E-state index is 11.2. The van der Waals surface area contributed by atoms with E-state index < -0.39 is 0 Å². The highest BCUT2D eigenvalue weighted by Crippen LogP contribution is 2.04. The first kappa shape index (κ1) is 15.0. The number of hydrogen-bond acceptors (Lipinski definition) is 5. The normalized spacial score (nSPS) is 12.2. The quantitative estimate of drug-likeness (QED) is 0.767. The van der Waals surface area contributed by atoms with E-state index in [0.29, 0.717) is 11.6 Å². The van der Waals surface area contributed by atoms with Crippen LogP contribution >= 0.6 is 11.8 Å². The molecule has 1 unspecified atom stereocenters. The van der Waals surface area contributed by atoms with Crippen LogP contribution in [-0.2, 0) is 11.3 Å². The van der Waals surface area contributed by atoms with Gasteiger partial charge in [-0.2, -0.15) is 11.8 Å². The van der Waals surface area contributed by atoms with Crippen molar-refractivity contribution in [1.82, 2.24) is 10.3 Å². The Bertz CT molecular complexity index is 368. The molecule has 0 aromatic carbocycles. The number of hydrogen-bond donors (Lipinski definition) is 1. The molecule has 0 spiro atoms. The highest BCUT2D eigenvalue weighted by atomic mass is 32.2. The van der Waals surface area contributed by atoms with Crippen LogP contribution in [0.1, 0.15) is 29.4 Å². The fraction of sp³-hybridized carbons (Fsp3) is 0.538. The van der Waals surface area contributed by atoms with E-state index in [-0.39, 0.29) is 5.97 Å². The molecule has 0 aliphatic carbocycles. The fourth-order valence-corrected chi connectivity index (χ4v) is 2.03. The standard InChI is InChI=1S/C13H20N2O2S/c1-10(6-7-18-3)14-9-12-5-4-11(8-15-12)13(16)17-2/h4-5,8,10,14H,6-7,9H2,1-3H3. The van der Waals surface area contributed by atoms with Crippen LogP contribution in [0.25, 0.3) is 0 Å². The third kappa shape index (κ3) is 5.06. The van der Waals surface area contributed by atoms with Crippen molar-refractivity contribution in [3.8, 4) is 0 Å². The summed E-state index contributed by atoms with van der Waals surface area (Å²) in [6.45, 7) is 2.88. The monoisotopic (exact) mass is 268 g/mol. The topological polar surface area (TPSA) is 51.2 Å². The molecule has 0 saturated carbocycles. The summed E-state index contributed by atoms with van der Waals surface area (Å²) in [5.74, 6) is 0.804. The van der Waals surface area contributed by atoms with E-state index in [1.54, 1.807) is 12.3 Å². The molecule has 0 saturated heterocycles. The van der Waals surface area contributed by atoms with Crippen LogP contribution in [0.5, 0.6) is 0 Å². The zero-order chi connectivity index (χ0) is 13.4. The third-order valence-electron chi connectivity index (χ3n) is 2.63. The summed E-state index contributed by atoms with van der Waals surface area (Å²) in [5, 5.41) is 3.40. The summed E-state index contributed by atoms with van der Waals surface area (Å²) in [4.78, 5) is 15.5. The van der Waals surface area contributed by atoms with Crippen LogP contribution in [-0.4, -0.2) is 36.1 Å². The molecule has 1 aromatic heterocycles. The summed E-state index contributed by atoms with van der Waals surface area (Å²) >= 11 is 1.85. The second kappa shape index (κ2) is 8.11. The number of thioether (sulfide) groups is 1. The molecule has 5 heteroatoms. The molecule has 1 aromatic rings. The zero-order valence-corrected chi connectivity index (χ0v) is 11.9. The van der Waals surface area contributed by atoms with Crippen LogP contribution < -0.4 is 5.32 Å². The summed E-state index contributed by atoms with van der Waals surface area (Å²) < 4.78 is 4.62. The lowest BCUT2D eigenvalue weighted by Crippen LogP contribution is -2.26. The Morgan fingerprint density at radius 3 is 2.89 bits per heavy atom. The maximum Gasteiger partial charge on any atom is 0.339 e. The molecule has 100 valence electrons. The first-order valence-electron chi connectivity index (χ1n) is 5.93. The predicted octanol–water partition coefficient (Wildman–Crippen LogP) is 2.10. The minimum atomic E-state index is -0.352. The summed E-state index contributed by atoms with van der Waals surface area (Å²) in [6, 6.07) is 4.06. The van der Waals surface area contributed by atoms with Gasteiger partial charge in [-0.3, -0.25) is 4.98 Å².